The number of anilines is 1. The van der Waals surface area contributed by atoms with Crippen LogP contribution in [-0.4, -0.2) is 46.8 Å². The number of carbonyl (C=O) groups excluding carboxylic acids is 1. The number of hydrogen-bond acceptors (Lipinski definition) is 4. The zero-order valence-corrected chi connectivity index (χ0v) is 11.5. The second-order valence-electron chi connectivity index (χ2n) is 5.02. The summed E-state index contributed by atoms with van der Waals surface area (Å²) in [5.74, 6) is 0.698. The van der Waals surface area contributed by atoms with Gasteiger partial charge in [-0.25, -0.2) is 0 Å². The van der Waals surface area contributed by atoms with Crippen molar-refractivity contribution in [3.63, 3.8) is 0 Å². The van der Waals surface area contributed by atoms with Crippen molar-refractivity contribution in [1.82, 2.24) is 20.0 Å². The van der Waals surface area contributed by atoms with Crippen LogP contribution in [0.2, 0.25) is 0 Å². The van der Waals surface area contributed by atoms with Gasteiger partial charge in [-0.3, -0.25) is 14.4 Å². The minimum Gasteiger partial charge on any atom is -0.382 e. The molecule has 6 nitrogen and oxygen atoms in total. The molecule has 1 amide bonds. The van der Waals surface area contributed by atoms with Crippen molar-refractivity contribution in [2.45, 2.75) is 38.3 Å². The average molecular weight is 265 g/mol. The largest absolute Gasteiger partial charge is 0.382 e. The molecular formula is C13H23N5O. The van der Waals surface area contributed by atoms with Crippen LogP contribution in [0.25, 0.3) is 0 Å². The van der Waals surface area contributed by atoms with E-state index < -0.39 is 0 Å². The number of nitrogens with one attached hydrogen (secondary N) is 1. The molecular weight excluding hydrogens is 242 g/mol. The van der Waals surface area contributed by atoms with Crippen LogP contribution in [0.15, 0.2) is 12.3 Å². The molecule has 0 radical (unpaired) electrons. The third kappa shape index (κ3) is 3.70. The molecule has 1 fully saturated rings. The standard InChI is InChI=1S/C13H23N5O/c1-15-13(19)11-5-2-3-7-17(11)8-4-9-18-10-6-12(14)16-18/h6,10-11H,2-5,7-9H2,1H3,(H2,14,16)(H,15,19). The van der Waals surface area contributed by atoms with Crippen molar-refractivity contribution >= 4 is 11.7 Å². The molecule has 1 unspecified atom stereocenters. The van der Waals surface area contributed by atoms with Gasteiger partial charge in [0.25, 0.3) is 0 Å². The van der Waals surface area contributed by atoms with E-state index >= 15 is 0 Å². The van der Waals surface area contributed by atoms with E-state index in [1.54, 1.807) is 13.1 Å². The van der Waals surface area contributed by atoms with Crippen LogP contribution >= 0.6 is 0 Å². The minimum atomic E-state index is 0.0430. The van der Waals surface area contributed by atoms with Crippen molar-refractivity contribution in [3.05, 3.63) is 12.3 Å². The molecule has 0 spiro atoms. The highest BCUT2D eigenvalue weighted by atomic mass is 16.2. The second kappa shape index (κ2) is 6.56. The quantitative estimate of drug-likeness (QED) is 0.811. The summed E-state index contributed by atoms with van der Waals surface area (Å²) in [4.78, 5) is 14.1. The van der Waals surface area contributed by atoms with Gasteiger partial charge in [0.2, 0.25) is 5.91 Å². The van der Waals surface area contributed by atoms with Crippen molar-refractivity contribution in [1.29, 1.82) is 0 Å². The molecule has 3 N–H and O–H groups in total. The third-order valence-corrected chi connectivity index (χ3v) is 3.66. The average Bonchev–Trinajstić information content (AvgIpc) is 2.84. The number of rotatable bonds is 5. The van der Waals surface area contributed by atoms with Gasteiger partial charge in [-0.2, -0.15) is 5.10 Å². The van der Waals surface area contributed by atoms with E-state index in [1.165, 1.54) is 6.42 Å². The lowest BCUT2D eigenvalue weighted by Crippen LogP contribution is -2.49. The van der Waals surface area contributed by atoms with Gasteiger partial charge >= 0.3 is 0 Å². The van der Waals surface area contributed by atoms with Crippen molar-refractivity contribution in [3.8, 4) is 0 Å². The molecule has 19 heavy (non-hydrogen) atoms. The van der Waals surface area contributed by atoms with Crippen LogP contribution in [0.3, 0.4) is 0 Å². The minimum absolute atomic E-state index is 0.0430. The smallest absolute Gasteiger partial charge is 0.237 e. The summed E-state index contributed by atoms with van der Waals surface area (Å²) in [6, 6.07) is 1.84. The Labute approximate surface area is 113 Å². The Morgan fingerprint density at radius 2 is 2.37 bits per heavy atom. The maximum atomic E-state index is 11.8. The highest BCUT2D eigenvalue weighted by molar-refractivity contribution is 5.81. The number of nitrogens with two attached hydrogens (primary N) is 1. The Bertz CT molecular complexity index is 417. The zero-order valence-electron chi connectivity index (χ0n) is 11.5. The Hall–Kier alpha value is -1.56. The lowest BCUT2D eigenvalue weighted by molar-refractivity contribution is -0.127. The van der Waals surface area contributed by atoms with Crippen molar-refractivity contribution in [2.24, 2.45) is 0 Å². The third-order valence-electron chi connectivity index (χ3n) is 3.66. The molecule has 6 heteroatoms. The number of amides is 1. The van der Waals surface area contributed by atoms with E-state index in [0.717, 1.165) is 38.9 Å². The van der Waals surface area contributed by atoms with Gasteiger partial charge < -0.3 is 11.1 Å². The monoisotopic (exact) mass is 265 g/mol. The topological polar surface area (TPSA) is 76.2 Å². The number of carbonyl (C=O) groups is 1. The summed E-state index contributed by atoms with van der Waals surface area (Å²) in [6.07, 6.45) is 6.16. The number of hydrogen-bond donors (Lipinski definition) is 2. The Balaban J connectivity index is 1.81. The number of likely N-dealkylation sites (N-methyl/N-ethyl adjacent to an activating group) is 1. The van der Waals surface area contributed by atoms with Crippen LogP contribution < -0.4 is 11.1 Å². The summed E-state index contributed by atoms with van der Waals surface area (Å²) in [7, 11) is 1.71. The molecule has 2 rings (SSSR count). The molecule has 2 heterocycles. The van der Waals surface area contributed by atoms with Crippen molar-refractivity contribution in [2.75, 3.05) is 25.9 Å². The molecule has 1 atom stereocenters. The molecule has 0 aliphatic carbocycles. The van der Waals surface area contributed by atoms with E-state index in [-0.39, 0.29) is 11.9 Å². The van der Waals surface area contributed by atoms with Crippen molar-refractivity contribution < 1.29 is 4.79 Å². The fourth-order valence-corrected chi connectivity index (χ4v) is 2.66. The van der Waals surface area contributed by atoms with Gasteiger partial charge in [0, 0.05) is 26.3 Å². The van der Waals surface area contributed by atoms with E-state index in [0.29, 0.717) is 5.82 Å². The first-order valence-electron chi connectivity index (χ1n) is 6.95. The highest BCUT2D eigenvalue weighted by Crippen LogP contribution is 2.17. The number of piperidine rings is 1. The maximum absolute atomic E-state index is 11.8. The molecule has 0 bridgehead atoms. The Morgan fingerprint density at radius 1 is 1.53 bits per heavy atom. The van der Waals surface area contributed by atoms with Gasteiger partial charge in [-0.1, -0.05) is 6.42 Å². The van der Waals surface area contributed by atoms with E-state index in [4.69, 9.17) is 5.73 Å². The van der Waals surface area contributed by atoms with Gasteiger partial charge in [-0.05, 0) is 31.9 Å². The molecule has 1 aromatic rings. The van der Waals surface area contributed by atoms with Crippen LogP contribution in [0, 0.1) is 0 Å². The van der Waals surface area contributed by atoms with Gasteiger partial charge in [0.05, 0.1) is 6.04 Å². The predicted octanol–water partition coefficient (Wildman–Crippen LogP) is 0.456. The first-order valence-corrected chi connectivity index (χ1v) is 6.95. The van der Waals surface area contributed by atoms with Crippen LogP contribution in [0.4, 0.5) is 5.82 Å². The number of nitrogen functional groups attached to an aromatic ring is 1. The molecule has 106 valence electrons. The lowest BCUT2D eigenvalue weighted by Gasteiger charge is -2.34. The first kappa shape index (κ1) is 13.9. The fourth-order valence-electron chi connectivity index (χ4n) is 2.66. The summed E-state index contributed by atoms with van der Waals surface area (Å²) < 4.78 is 1.86. The molecule has 1 aromatic heterocycles. The summed E-state index contributed by atoms with van der Waals surface area (Å²) in [5, 5.41) is 6.92. The van der Waals surface area contributed by atoms with Crippen LogP contribution in [0.1, 0.15) is 25.7 Å². The highest BCUT2D eigenvalue weighted by Gasteiger charge is 2.27. The van der Waals surface area contributed by atoms with Crippen LogP contribution in [-0.2, 0) is 11.3 Å². The number of likely N-dealkylation sites (tertiary alicyclic amines) is 1. The summed E-state index contributed by atoms with van der Waals surface area (Å²) in [6.45, 7) is 2.78. The second-order valence-corrected chi connectivity index (χ2v) is 5.02. The number of nitrogens with zero attached hydrogens (tertiary/aromatic N) is 3. The first-order chi connectivity index (χ1) is 9.20. The number of aromatic nitrogens is 2. The summed E-state index contributed by atoms with van der Waals surface area (Å²) in [5.41, 5.74) is 5.58. The SMILES string of the molecule is CNC(=O)C1CCCCN1CCCn1ccc(N)n1. The maximum Gasteiger partial charge on any atom is 0.237 e. The summed E-state index contributed by atoms with van der Waals surface area (Å²) >= 11 is 0. The van der Waals surface area contributed by atoms with Gasteiger partial charge in [0.1, 0.15) is 5.82 Å². The Morgan fingerprint density at radius 3 is 3.05 bits per heavy atom. The molecule has 1 saturated heterocycles. The van der Waals surface area contributed by atoms with Gasteiger partial charge in [-0.15, -0.1) is 0 Å². The zero-order chi connectivity index (χ0) is 13.7. The molecule has 1 aliphatic rings. The normalized spacial score (nSPS) is 20.4. The molecule has 0 saturated carbocycles. The number of aryl methyl sites for hydroxylation is 1. The predicted molar refractivity (Wildman–Crippen MR) is 74.5 cm³/mol. The Kier molecular flexibility index (Phi) is 4.79. The fraction of sp³-hybridized carbons (Fsp3) is 0.692. The van der Waals surface area contributed by atoms with E-state index in [2.05, 4.69) is 15.3 Å². The van der Waals surface area contributed by atoms with Crippen LogP contribution in [0.5, 0.6) is 0 Å². The van der Waals surface area contributed by atoms with E-state index in [9.17, 15) is 4.79 Å². The lowest BCUT2D eigenvalue weighted by atomic mass is 10.0. The van der Waals surface area contributed by atoms with E-state index in [1.807, 2.05) is 10.9 Å². The molecule has 0 aromatic carbocycles. The molecule has 1 aliphatic heterocycles. The van der Waals surface area contributed by atoms with Gasteiger partial charge in [0.15, 0.2) is 0 Å².